The van der Waals surface area contributed by atoms with Gasteiger partial charge >= 0.3 is 0 Å². The summed E-state index contributed by atoms with van der Waals surface area (Å²) in [6.07, 6.45) is 1.10. The Kier molecular flexibility index (Phi) is 4.48. The van der Waals surface area contributed by atoms with Crippen LogP contribution in [0, 0.1) is 0 Å². The molecule has 2 N–H and O–H groups in total. The molecule has 1 aliphatic rings. The van der Waals surface area contributed by atoms with Crippen molar-refractivity contribution < 1.29 is 22.6 Å². The molecule has 1 aliphatic heterocycles. The van der Waals surface area contributed by atoms with Crippen molar-refractivity contribution in [3.8, 4) is 17.2 Å². The Hall–Kier alpha value is -3.72. The Morgan fingerprint density at radius 3 is 2.52 bits per heavy atom. The molecule has 31 heavy (non-hydrogen) atoms. The third kappa shape index (κ3) is 3.64. The first-order valence-corrected chi connectivity index (χ1v) is 11.4. The normalized spacial score (nSPS) is 12.8. The molecule has 0 saturated heterocycles. The molecular formula is C22H19N3O5S. The van der Waals surface area contributed by atoms with Crippen molar-refractivity contribution in [2.24, 2.45) is 0 Å². The first-order chi connectivity index (χ1) is 14.9. The lowest BCUT2D eigenvalue weighted by Gasteiger charge is -2.17. The van der Waals surface area contributed by atoms with E-state index in [0.717, 1.165) is 33.7 Å². The van der Waals surface area contributed by atoms with Crippen molar-refractivity contribution in [3.05, 3.63) is 54.6 Å². The predicted molar refractivity (Wildman–Crippen MR) is 120 cm³/mol. The third-order valence-corrected chi connectivity index (χ3v) is 5.55. The van der Waals surface area contributed by atoms with Gasteiger partial charge in [-0.1, -0.05) is 18.2 Å². The zero-order chi connectivity index (χ0) is 21.6. The number of fused-ring (bicyclic) bond motifs is 3. The zero-order valence-electron chi connectivity index (χ0n) is 16.8. The summed E-state index contributed by atoms with van der Waals surface area (Å²) in [4.78, 5) is 4.77. The Morgan fingerprint density at radius 2 is 1.74 bits per heavy atom. The number of nitrogens with zero attached hydrogens (tertiary/aromatic N) is 1. The number of ether oxygens (including phenoxy) is 3. The monoisotopic (exact) mass is 437 g/mol. The van der Waals surface area contributed by atoms with Gasteiger partial charge in [-0.2, -0.15) is 0 Å². The second-order valence-corrected chi connectivity index (χ2v) is 8.89. The van der Waals surface area contributed by atoms with E-state index in [-0.39, 0.29) is 6.79 Å². The van der Waals surface area contributed by atoms with Gasteiger partial charge in [0, 0.05) is 22.9 Å². The molecule has 0 amide bonds. The first kappa shape index (κ1) is 19.3. The Balaban J connectivity index is 1.67. The number of nitrogens with one attached hydrogen (secondary N) is 2. The predicted octanol–water partition coefficient (Wildman–Crippen LogP) is 4.24. The molecule has 4 aromatic rings. The number of para-hydroxylation sites is 1. The van der Waals surface area contributed by atoms with Gasteiger partial charge < -0.3 is 19.5 Å². The maximum atomic E-state index is 11.6. The quantitative estimate of drug-likeness (QED) is 0.451. The summed E-state index contributed by atoms with van der Waals surface area (Å²) in [5, 5.41) is 5.24. The maximum absolute atomic E-state index is 11.6. The van der Waals surface area contributed by atoms with Gasteiger partial charge in [0.15, 0.2) is 11.5 Å². The van der Waals surface area contributed by atoms with Crippen LogP contribution in [0.5, 0.6) is 17.2 Å². The number of sulfonamides is 1. The summed E-state index contributed by atoms with van der Waals surface area (Å²) in [5.74, 6) is 1.81. The van der Waals surface area contributed by atoms with Crippen LogP contribution in [0.3, 0.4) is 0 Å². The zero-order valence-corrected chi connectivity index (χ0v) is 17.6. The van der Waals surface area contributed by atoms with Crippen molar-refractivity contribution >= 4 is 48.9 Å². The molecule has 3 aromatic carbocycles. The molecule has 5 rings (SSSR count). The van der Waals surface area contributed by atoms with Gasteiger partial charge in [0.25, 0.3) is 0 Å². The fourth-order valence-corrected chi connectivity index (χ4v) is 4.18. The van der Waals surface area contributed by atoms with Crippen LogP contribution in [0.15, 0.2) is 54.6 Å². The first-order valence-electron chi connectivity index (χ1n) is 9.46. The topological polar surface area (TPSA) is 98.8 Å². The average molecular weight is 437 g/mol. The van der Waals surface area contributed by atoms with E-state index in [1.54, 1.807) is 18.2 Å². The van der Waals surface area contributed by atoms with Gasteiger partial charge in [-0.3, -0.25) is 4.72 Å². The van der Waals surface area contributed by atoms with Crippen LogP contribution in [0.1, 0.15) is 0 Å². The minimum absolute atomic E-state index is 0.177. The standard InChI is InChI=1S/C22H19N3O5S/c1-28-19-9-13(25-31(2,26)27)7-8-17(19)24-22-14-5-3-4-6-16(14)23-18-11-21-20(10-15(18)22)29-12-30-21/h3-11,25H,12H2,1-2H3,(H,23,24). The van der Waals surface area contributed by atoms with Crippen LogP contribution in [0.2, 0.25) is 0 Å². The molecule has 0 unspecified atom stereocenters. The molecule has 9 heteroatoms. The fraction of sp³-hybridized carbons (Fsp3) is 0.136. The largest absolute Gasteiger partial charge is 0.494 e. The number of benzene rings is 3. The van der Waals surface area contributed by atoms with Crippen LogP contribution in [0.25, 0.3) is 21.8 Å². The lowest BCUT2D eigenvalue weighted by Crippen LogP contribution is -2.09. The Labute approximate surface area is 178 Å². The molecule has 0 spiro atoms. The molecule has 0 radical (unpaired) electrons. The van der Waals surface area contributed by atoms with Crippen molar-refractivity contribution in [1.82, 2.24) is 4.98 Å². The number of hydrogen-bond donors (Lipinski definition) is 2. The minimum Gasteiger partial charge on any atom is -0.494 e. The molecular weight excluding hydrogens is 418 g/mol. The van der Waals surface area contributed by atoms with E-state index in [0.29, 0.717) is 28.6 Å². The van der Waals surface area contributed by atoms with E-state index in [2.05, 4.69) is 10.0 Å². The molecule has 0 saturated carbocycles. The number of pyridine rings is 1. The molecule has 158 valence electrons. The number of rotatable bonds is 5. The van der Waals surface area contributed by atoms with E-state index >= 15 is 0 Å². The van der Waals surface area contributed by atoms with E-state index < -0.39 is 10.0 Å². The number of methoxy groups -OCH3 is 1. The minimum atomic E-state index is -3.40. The van der Waals surface area contributed by atoms with E-state index in [4.69, 9.17) is 19.2 Å². The second-order valence-electron chi connectivity index (χ2n) is 7.14. The van der Waals surface area contributed by atoms with E-state index in [9.17, 15) is 8.42 Å². The van der Waals surface area contributed by atoms with Gasteiger partial charge in [0.1, 0.15) is 5.75 Å². The summed E-state index contributed by atoms with van der Waals surface area (Å²) in [6.45, 7) is 0.177. The second kappa shape index (κ2) is 7.21. The summed E-state index contributed by atoms with van der Waals surface area (Å²) < 4.78 is 42.2. The van der Waals surface area contributed by atoms with Crippen LogP contribution >= 0.6 is 0 Å². The van der Waals surface area contributed by atoms with E-state index in [1.165, 1.54) is 7.11 Å². The highest BCUT2D eigenvalue weighted by molar-refractivity contribution is 7.92. The number of anilines is 3. The molecule has 2 heterocycles. The van der Waals surface area contributed by atoms with Crippen LogP contribution in [0.4, 0.5) is 17.1 Å². The summed E-state index contributed by atoms with van der Waals surface area (Å²) in [6, 6.07) is 16.7. The van der Waals surface area contributed by atoms with Gasteiger partial charge in [0.05, 0.1) is 41.5 Å². The van der Waals surface area contributed by atoms with Crippen molar-refractivity contribution in [2.45, 2.75) is 0 Å². The molecule has 0 bridgehead atoms. The SMILES string of the molecule is COc1cc(NS(C)(=O)=O)ccc1Nc1c2ccccc2nc2cc3c(cc12)OCO3. The highest BCUT2D eigenvalue weighted by Crippen LogP contribution is 2.42. The van der Waals surface area contributed by atoms with Crippen LogP contribution in [-0.2, 0) is 10.0 Å². The molecule has 0 fully saturated rings. The molecule has 0 aliphatic carbocycles. The van der Waals surface area contributed by atoms with Gasteiger partial charge in [-0.25, -0.2) is 13.4 Å². The van der Waals surface area contributed by atoms with E-state index in [1.807, 2.05) is 36.4 Å². The molecule has 8 nitrogen and oxygen atoms in total. The lowest BCUT2D eigenvalue weighted by molar-refractivity contribution is 0.174. The van der Waals surface area contributed by atoms with Gasteiger partial charge in [-0.05, 0) is 24.3 Å². The highest BCUT2D eigenvalue weighted by Gasteiger charge is 2.19. The summed E-state index contributed by atoms with van der Waals surface area (Å²) >= 11 is 0. The number of aromatic nitrogens is 1. The van der Waals surface area contributed by atoms with Gasteiger partial charge in [0.2, 0.25) is 16.8 Å². The maximum Gasteiger partial charge on any atom is 0.231 e. The number of hydrogen-bond acceptors (Lipinski definition) is 7. The average Bonchev–Trinajstić information content (AvgIpc) is 3.19. The lowest BCUT2D eigenvalue weighted by atomic mass is 10.1. The highest BCUT2D eigenvalue weighted by atomic mass is 32.2. The van der Waals surface area contributed by atoms with Gasteiger partial charge in [-0.15, -0.1) is 0 Å². The molecule has 1 aromatic heterocycles. The molecule has 0 atom stereocenters. The summed E-state index contributed by atoms with van der Waals surface area (Å²) in [5.41, 5.74) is 3.51. The van der Waals surface area contributed by atoms with Crippen LogP contribution < -0.4 is 24.2 Å². The van der Waals surface area contributed by atoms with Crippen LogP contribution in [-0.4, -0.2) is 33.6 Å². The van der Waals surface area contributed by atoms with Crippen molar-refractivity contribution in [3.63, 3.8) is 0 Å². The van der Waals surface area contributed by atoms with Crippen molar-refractivity contribution in [1.29, 1.82) is 0 Å². The fourth-order valence-electron chi connectivity index (χ4n) is 3.62. The summed E-state index contributed by atoms with van der Waals surface area (Å²) in [7, 11) is -1.86. The smallest absolute Gasteiger partial charge is 0.231 e. The Morgan fingerprint density at radius 1 is 0.968 bits per heavy atom. The third-order valence-electron chi connectivity index (χ3n) is 4.94. The van der Waals surface area contributed by atoms with Crippen molar-refractivity contribution in [2.75, 3.05) is 30.2 Å². The Bertz CT molecular complexity index is 1440.